The fraction of sp³-hybridized carbons (Fsp3) is 1.00. The quantitative estimate of drug-likeness (QED) is 0.550. The molecule has 0 nitrogen and oxygen atoms in total. The number of hydrogen-bond donors (Lipinski definition) is 0. The molecule has 15 heavy (non-hydrogen) atoms. The molecule has 0 aromatic carbocycles. The van der Waals surface area contributed by atoms with Gasteiger partial charge in [-0.2, -0.15) is 0 Å². The van der Waals surface area contributed by atoms with Gasteiger partial charge in [-0.15, -0.1) is 0 Å². The predicted octanol–water partition coefficient (Wildman–Crippen LogP) is 0.434. The maximum Gasteiger partial charge on any atom is 1.00 e. The molecule has 0 aliphatic heterocycles. The molecule has 0 radical (unpaired) electrons. The molecule has 0 N–H and O–H groups in total. The molecule has 0 saturated carbocycles. The molecule has 0 saturated heterocycles. The van der Waals surface area contributed by atoms with E-state index in [0.29, 0.717) is 0 Å². The van der Waals surface area contributed by atoms with E-state index >= 15 is 0 Å². The minimum absolute atomic E-state index is 0. The van der Waals surface area contributed by atoms with Crippen molar-refractivity contribution >= 4 is 15.1 Å². The van der Waals surface area contributed by atoms with Gasteiger partial charge in [-0.25, -0.2) is 0 Å². The van der Waals surface area contributed by atoms with Crippen molar-refractivity contribution in [3.05, 3.63) is 0 Å². The van der Waals surface area contributed by atoms with Gasteiger partial charge in [0.15, 0.2) is 0 Å². The van der Waals surface area contributed by atoms with Crippen LogP contribution in [0.5, 0.6) is 0 Å². The molecular formula is C12H31B2Li. The van der Waals surface area contributed by atoms with Crippen molar-refractivity contribution in [2.24, 2.45) is 0 Å². The summed E-state index contributed by atoms with van der Waals surface area (Å²) in [4.78, 5) is 0. The minimum Gasteiger partial charge on any atom is -0.0691 e. The van der Waals surface area contributed by atoms with E-state index in [-0.39, 0.29) is 27.3 Å². The molecule has 0 rings (SSSR count). The van der Waals surface area contributed by atoms with Crippen LogP contribution in [-0.4, -0.2) is 15.1 Å². The normalized spacial score (nSPS) is 15.6. The van der Waals surface area contributed by atoms with Crippen molar-refractivity contribution in [2.75, 3.05) is 0 Å². The predicted molar refractivity (Wildman–Crippen MR) is 76.2 cm³/mol. The van der Waals surface area contributed by atoms with Crippen LogP contribution in [0, 0.1) is 0 Å². The largest absolute Gasteiger partial charge is 1.00 e. The van der Waals surface area contributed by atoms with Gasteiger partial charge in [0, 0.05) is 0 Å². The molecule has 0 aromatic rings. The standard InChI is InChI=1S/C12H27B.BH4.Li/c1-7-10(4)13(11(5)8-2)12(6)9-3;;/h10-12H,7-9H2,1-6H3;1H4;/q;-1;+1. The van der Waals surface area contributed by atoms with Crippen molar-refractivity contribution in [3.63, 3.8) is 0 Å². The van der Waals surface area contributed by atoms with Gasteiger partial charge < -0.3 is 0 Å². The van der Waals surface area contributed by atoms with Crippen LogP contribution in [0.4, 0.5) is 0 Å². The van der Waals surface area contributed by atoms with E-state index in [2.05, 4.69) is 41.5 Å². The van der Waals surface area contributed by atoms with Gasteiger partial charge in [-0.3, -0.25) is 0 Å². The van der Waals surface area contributed by atoms with Gasteiger partial charge in [0.2, 0.25) is 0 Å². The van der Waals surface area contributed by atoms with E-state index in [1.165, 1.54) is 19.3 Å². The fourth-order valence-corrected chi connectivity index (χ4v) is 2.50. The first-order valence-electron chi connectivity index (χ1n) is 6.08. The van der Waals surface area contributed by atoms with Crippen molar-refractivity contribution in [1.29, 1.82) is 0 Å². The van der Waals surface area contributed by atoms with E-state index in [9.17, 15) is 0 Å². The third-order valence-corrected chi connectivity index (χ3v) is 3.90. The summed E-state index contributed by atoms with van der Waals surface area (Å²) in [6.07, 6.45) is 4.00. The van der Waals surface area contributed by atoms with Crippen LogP contribution in [0.25, 0.3) is 0 Å². The first-order chi connectivity index (χ1) is 6.08. The zero-order valence-corrected chi connectivity index (χ0v) is 11.4. The first kappa shape index (κ1) is 21.1. The zero-order chi connectivity index (χ0) is 10.4. The summed E-state index contributed by atoms with van der Waals surface area (Å²) in [5, 5.41) is 0. The van der Waals surface area contributed by atoms with Crippen molar-refractivity contribution < 1.29 is 18.9 Å². The molecule has 86 valence electrons. The average Bonchev–Trinajstić information content (AvgIpc) is 2.16. The van der Waals surface area contributed by atoms with E-state index in [0.717, 1.165) is 24.2 Å². The third kappa shape index (κ3) is 6.80. The summed E-state index contributed by atoms with van der Waals surface area (Å²) in [7, 11) is 0. The number of hydrogen-bond acceptors (Lipinski definition) is 0. The van der Waals surface area contributed by atoms with Gasteiger partial charge in [0.05, 0.1) is 0 Å². The summed E-state index contributed by atoms with van der Waals surface area (Å²) in [6, 6.07) is 0. The summed E-state index contributed by atoms with van der Waals surface area (Å²) >= 11 is 0. The summed E-state index contributed by atoms with van der Waals surface area (Å²) < 4.78 is 0. The van der Waals surface area contributed by atoms with Crippen LogP contribution in [0.2, 0.25) is 17.5 Å². The second-order valence-corrected chi connectivity index (χ2v) is 4.73. The molecule has 0 bridgehead atoms. The molecule has 0 aliphatic rings. The van der Waals surface area contributed by atoms with Gasteiger partial charge >= 0.3 is 18.9 Å². The monoisotopic (exact) mass is 204 g/mol. The molecule has 3 heteroatoms. The van der Waals surface area contributed by atoms with Crippen molar-refractivity contribution in [2.45, 2.75) is 78.3 Å². The molecule has 0 fully saturated rings. The summed E-state index contributed by atoms with van der Waals surface area (Å²) in [6.45, 7) is 15.2. The number of rotatable bonds is 6. The Morgan fingerprint density at radius 1 is 0.733 bits per heavy atom. The molecule has 3 unspecified atom stereocenters. The first-order valence-corrected chi connectivity index (χ1v) is 6.08. The molecular weight excluding hydrogens is 173 g/mol. The molecule has 0 aromatic heterocycles. The van der Waals surface area contributed by atoms with Gasteiger partial charge in [0.1, 0.15) is 6.71 Å². The second-order valence-electron chi connectivity index (χ2n) is 4.73. The van der Waals surface area contributed by atoms with E-state index in [4.69, 9.17) is 0 Å². The average molecular weight is 204 g/mol. The Morgan fingerprint density at radius 3 is 1.07 bits per heavy atom. The molecule has 0 aliphatic carbocycles. The molecule has 0 heterocycles. The Morgan fingerprint density at radius 2 is 0.933 bits per heavy atom. The molecule has 0 spiro atoms. The van der Waals surface area contributed by atoms with Gasteiger partial charge in [0.25, 0.3) is 0 Å². The fourth-order valence-electron chi connectivity index (χ4n) is 2.50. The SMILES string of the molecule is CCC(C)B(C(C)CC)C(C)CC.[BH4-].[Li+]. The smallest absolute Gasteiger partial charge is 0.0691 e. The Balaban J connectivity index is -0.000000720. The van der Waals surface area contributed by atoms with E-state index in [1.54, 1.807) is 0 Å². The van der Waals surface area contributed by atoms with Gasteiger partial charge in [-0.1, -0.05) is 86.7 Å². The van der Waals surface area contributed by atoms with Crippen LogP contribution < -0.4 is 18.9 Å². The third-order valence-electron chi connectivity index (χ3n) is 3.90. The van der Waals surface area contributed by atoms with Crippen molar-refractivity contribution in [1.82, 2.24) is 0 Å². The maximum atomic E-state index is 2.42. The van der Waals surface area contributed by atoms with Crippen molar-refractivity contribution in [3.8, 4) is 0 Å². The molecule has 3 atom stereocenters. The minimum atomic E-state index is 0. The Kier molecular flexibility index (Phi) is 15.8. The topological polar surface area (TPSA) is 0 Å². The zero-order valence-electron chi connectivity index (χ0n) is 11.4. The van der Waals surface area contributed by atoms with E-state index < -0.39 is 0 Å². The Hall–Kier alpha value is 0.727. The molecule has 0 amide bonds. The maximum absolute atomic E-state index is 2.42. The van der Waals surface area contributed by atoms with Crippen LogP contribution in [0.15, 0.2) is 0 Å². The summed E-state index contributed by atoms with van der Waals surface area (Å²) in [5.74, 6) is 2.68. The second kappa shape index (κ2) is 11.2. The van der Waals surface area contributed by atoms with Crippen LogP contribution in [0.3, 0.4) is 0 Å². The van der Waals surface area contributed by atoms with Crippen LogP contribution in [-0.2, 0) is 0 Å². The Bertz CT molecular complexity index is 107. The van der Waals surface area contributed by atoms with Gasteiger partial charge in [-0.05, 0) is 0 Å². The van der Waals surface area contributed by atoms with E-state index in [1.807, 2.05) is 0 Å². The Labute approximate surface area is 112 Å². The van der Waals surface area contributed by atoms with Crippen LogP contribution in [0.1, 0.15) is 60.8 Å². The summed E-state index contributed by atoms with van der Waals surface area (Å²) in [5.41, 5.74) is 0. The van der Waals surface area contributed by atoms with Crippen LogP contribution >= 0.6 is 0 Å².